The highest BCUT2D eigenvalue weighted by Gasteiger charge is 2.04. The molecule has 0 aromatic carbocycles. The van der Waals surface area contributed by atoms with Crippen LogP contribution in [0.1, 0.15) is 0 Å². The van der Waals surface area contributed by atoms with Crippen LogP contribution in [0.5, 0.6) is 0 Å². The van der Waals surface area contributed by atoms with E-state index in [1.807, 2.05) is 0 Å². The summed E-state index contributed by atoms with van der Waals surface area (Å²) in [6, 6.07) is 0. The predicted octanol–water partition coefficient (Wildman–Crippen LogP) is -5.59. The van der Waals surface area contributed by atoms with Crippen LogP contribution in [0.15, 0.2) is 0 Å². The Balaban J connectivity index is -0.000000605. The molecule has 0 atom stereocenters. The molecule has 0 aromatic heterocycles. The minimum Gasteiger partial charge on any atom is -1.00 e. The van der Waals surface area contributed by atoms with Gasteiger partial charge in [0.1, 0.15) is 13.1 Å². The normalized spacial score (nSPS) is 10.4. The first-order valence-electron chi connectivity index (χ1n) is 4.27. The van der Waals surface area contributed by atoms with Gasteiger partial charge >= 0.3 is 0 Å². The van der Waals surface area contributed by atoms with Crippen molar-refractivity contribution in [2.45, 2.75) is 0 Å². The second kappa shape index (κ2) is 7.70. The van der Waals surface area contributed by atoms with Gasteiger partial charge in [-0.2, -0.15) is 0 Å². The quantitative estimate of drug-likeness (QED) is 0.350. The summed E-state index contributed by atoms with van der Waals surface area (Å²) in [5.74, 6) is 6.38. The van der Waals surface area contributed by atoms with Gasteiger partial charge in [-0.25, -0.2) is 0 Å². The molecule has 0 N–H and O–H groups in total. The monoisotopic (exact) mass is 328 g/mol. The number of nitrogens with zero attached hydrogens (tertiary/aromatic N) is 2. The lowest BCUT2D eigenvalue weighted by molar-refractivity contribution is -0.864. The lowest BCUT2D eigenvalue weighted by Crippen LogP contribution is -3.00. The van der Waals surface area contributed by atoms with Crippen molar-refractivity contribution in [3.05, 3.63) is 0 Å². The Hall–Kier alpha value is 0.440. The van der Waals surface area contributed by atoms with Crippen molar-refractivity contribution in [3.8, 4) is 11.8 Å². The second-order valence-corrected chi connectivity index (χ2v) is 5.25. The molecule has 2 nitrogen and oxygen atoms in total. The fraction of sp³-hybridized carbons (Fsp3) is 0.800. The summed E-state index contributed by atoms with van der Waals surface area (Å²) in [4.78, 5) is 0. The third kappa shape index (κ3) is 18.3. The van der Waals surface area contributed by atoms with Crippen LogP contribution in [-0.2, 0) is 0 Å². The second-order valence-electron chi connectivity index (χ2n) is 5.25. The Morgan fingerprint density at radius 1 is 0.643 bits per heavy atom. The molecule has 0 spiro atoms. The number of quaternary nitrogens is 2. The van der Waals surface area contributed by atoms with Crippen LogP contribution in [0.25, 0.3) is 0 Å². The average Bonchev–Trinajstić information content (AvgIpc) is 1.76. The minimum atomic E-state index is 0. The van der Waals surface area contributed by atoms with Crippen LogP contribution in [0.4, 0.5) is 0 Å². The van der Waals surface area contributed by atoms with E-state index in [0.29, 0.717) is 0 Å². The van der Waals surface area contributed by atoms with Crippen LogP contribution >= 0.6 is 0 Å². The van der Waals surface area contributed by atoms with Crippen molar-refractivity contribution >= 4 is 0 Å². The van der Waals surface area contributed by atoms with E-state index < -0.39 is 0 Å². The van der Waals surface area contributed by atoms with E-state index in [1.165, 1.54) is 0 Å². The Labute approximate surface area is 110 Å². The molecule has 0 aliphatic rings. The molecule has 0 saturated carbocycles. The summed E-state index contributed by atoms with van der Waals surface area (Å²) < 4.78 is 1.84. The predicted molar refractivity (Wildman–Crippen MR) is 53.6 cm³/mol. The molecule has 0 aliphatic heterocycles. The standard InChI is InChI=1S/C10H22N2.2BrH/c1-11(2,3)9-7-8-10-12(4,5)6;;/h9-10H2,1-6H3;2*1H/q+2;;/p-2. The Morgan fingerprint density at radius 2 is 0.857 bits per heavy atom. The third-order valence-corrected chi connectivity index (χ3v) is 1.23. The number of hydrogen-bond donors (Lipinski definition) is 0. The molecule has 0 fully saturated rings. The van der Waals surface area contributed by atoms with E-state index in [4.69, 9.17) is 0 Å². The van der Waals surface area contributed by atoms with Crippen molar-refractivity contribution in [2.75, 3.05) is 55.4 Å². The number of halogens is 2. The van der Waals surface area contributed by atoms with E-state index in [9.17, 15) is 0 Å². The number of rotatable bonds is 2. The molecule has 0 amide bonds. The first-order chi connectivity index (χ1) is 5.21. The van der Waals surface area contributed by atoms with Gasteiger partial charge in [0.05, 0.1) is 42.3 Å². The molecule has 0 unspecified atom stereocenters. The Kier molecular flexibility index (Phi) is 11.0. The molecular formula is C10H22Br2N2. The fourth-order valence-corrected chi connectivity index (χ4v) is 0.586. The molecule has 0 aliphatic carbocycles. The van der Waals surface area contributed by atoms with Gasteiger partial charge < -0.3 is 42.9 Å². The van der Waals surface area contributed by atoms with Gasteiger partial charge in [-0.1, -0.05) is 0 Å². The maximum Gasteiger partial charge on any atom is 0.140 e. The summed E-state index contributed by atoms with van der Waals surface area (Å²) in [6.07, 6.45) is 0. The van der Waals surface area contributed by atoms with E-state index >= 15 is 0 Å². The minimum absolute atomic E-state index is 0. The smallest absolute Gasteiger partial charge is 0.140 e. The van der Waals surface area contributed by atoms with Gasteiger partial charge in [0.25, 0.3) is 0 Å². The molecule has 14 heavy (non-hydrogen) atoms. The van der Waals surface area contributed by atoms with Crippen LogP contribution in [-0.4, -0.2) is 64.3 Å². The van der Waals surface area contributed by atoms with Crippen molar-refractivity contribution < 1.29 is 42.9 Å². The summed E-state index contributed by atoms with van der Waals surface area (Å²) in [5, 5.41) is 0. The SMILES string of the molecule is C[N+](C)(C)CC#CC[N+](C)(C)C.[Br-].[Br-]. The first-order valence-corrected chi connectivity index (χ1v) is 4.27. The average molecular weight is 330 g/mol. The third-order valence-electron chi connectivity index (χ3n) is 1.23. The van der Waals surface area contributed by atoms with E-state index in [2.05, 4.69) is 54.1 Å². The summed E-state index contributed by atoms with van der Waals surface area (Å²) >= 11 is 0. The lowest BCUT2D eigenvalue weighted by atomic mass is 10.4. The van der Waals surface area contributed by atoms with Crippen molar-refractivity contribution in [1.29, 1.82) is 0 Å². The largest absolute Gasteiger partial charge is 1.00 e. The van der Waals surface area contributed by atoms with E-state index in [-0.39, 0.29) is 34.0 Å². The molecule has 4 heteroatoms. The summed E-state index contributed by atoms with van der Waals surface area (Å²) in [7, 11) is 12.9. The van der Waals surface area contributed by atoms with Gasteiger partial charge in [-0.05, 0) is 11.8 Å². The fourth-order valence-electron chi connectivity index (χ4n) is 0.586. The zero-order valence-electron chi connectivity index (χ0n) is 10.1. The Morgan fingerprint density at radius 3 is 1.00 bits per heavy atom. The number of hydrogen-bond acceptors (Lipinski definition) is 0. The van der Waals surface area contributed by atoms with Gasteiger partial charge in [0.2, 0.25) is 0 Å². The van der Waals surface area contributed by atoms with Crippen LogP contribution in [0.2, 0.25) is 0 Å². The van der Waals surface area contributed by atoms with Crippen LogP contribution < -0.4 is 34.0 Å². The zero-order chi connectivity index (χ0) is 9.83. The van der Waals surface area contributed by atoms with Gasteiger partial charge in [-0.15, -0.1) is 0 Å². The molecule has 0 saturated heterocycles. The van der Waals surface area contributed by atoms with Gasteiger partial charge in [0.15, 0.2) is 0 Å². The molecule has 0 rings (SSSR count). The highest BCUT2D eigenvalue weighted by atomic mass is 79.9. The molecule has 86 valence electrons. The van der Waals surface area contributed by atoms with Gasteiger partial charge in [0, 0.05) is 0 Å². The molecule has 0 heterocycles. The highest BCUT2D eigenvalue weighted by molar-refractivity contribution is 4.99. The topological polar surface area (TPSA) is 0 Å². The Bertz CT molecular complexity index is 171. The first kappa shape index (κ1) is 19.9. The van der Waals surface area contributed by atoms with Crippen LogP contribution in [0.3, 0.4) is 0 Å². The maximum absolute atomic E-state index is 3.19. The molecule has 0 aromatic rings. The van der Waals surface area contributed by atoms with Crippen molar-refractivity contribution in [3.63, 3.8) is 0 Å². The van der Waals surface area contributed by atoms with Crippen molar-refractivity contribution in [1.82, 2.24) is 0 Å². The molecule has 0 bridgehead atoms. The van der Waals surface area contributed by atoms with Crippen LogP contribution in [0, 0.1) is 11.8 Å². The zero-order valence-corrected chi connectivity index (χ0v) is 13.2. The van der Waals surface area contributed by atoms with E-state index in [0.717, 1.165) is 22.1 Å². The van der Waals surface area contributed by atoms with E-state index in [1.54, 1.807) is 0 Å². The lowest BCUT2D eigenvalue weighted by Gasteiger charge is -2.21. The summed E-state index contributed by atoms with van der Waals surface area (Å²) in [5.41, 5.74) is 0. The molecule has 0 radical (unpaired) electrons. The van der Waals surface area contributed by atoms with Crippen molar-refractivity contribution in [2.24, 2.45) is 0 Å². The summed E-state index contributed by atoms with van der Waals surface area (Å²) in [6.45, 7) is 1.86. The molecular weight excluding hydrogens is 308 g/mol. The maximum atomic E-state index is 3.19. The highest BCUT2D eigenvalue weighted by Crippen LogP contribution is 1.88. The van der Waals surface area contributed by atoms with Gasteiger partial charge in [-0.3, -0.25) is 0 Å².